The third-order valence-corrected chi connectivity index (χ3v) is 2.99. The van der Waals surface area contributed by atoms with Crippen LogP contribution in [0, 0.1) is 5.92 Å². The smallest absolute Gasteiger partial charge is 0.304 e. The number of aliphatic hydroxyl groups excluding tert-OH is 1. The van der Waals surface area contributed by atoms with Crippen molar-refractivity contribution in [3.05, 3.63) is 0 Å². The molecule has 0 bridgehead atoms. The normalized spacial score (nSPS) is 20.9. The summed E-state index contributed by atoms with van der Waals surface area (Å²) in [4.78, 5) is 14.9. The second kappa shape index (κ2) is 6.83. The molecule has 1 unspecified atom stereocenters. The second-order valence-corrected chi connectivity index (χ2v) is 4.57. The van der Waals surface area contributed by atoms with E-state index in [-0.39, 0.29) is 13.0 Å². The highest BCUT2D eigenvalue weighted by Crippen LogP contribution is 2.05. The Bertz CT molecular complexity index is 215. The predicted molar refractivity (Wildman–Crippen MR) is 61.4 cm³/mol. The number of rotatable bonds is 6. The van der Waals surface area contributed by atoms with Crippen LogP contribution in [0.15, 0.2) is 0 Å². The van der Waals surface area contributed by atoms with Crippen LogP contribution in [0.2, 0.25) is 0 Å². The average molecular weight is 230 g/mol. The van der Waals surface area contributed by atoms with E-state index in [2.05, 4.69) is 9.80 Å². The molecule has 16 heavy (non-hydrogen) atoms. The van der Waals surface area contributed by atoms with E-state index in [9.17, 15) is 4.79 Å². The van der Waals surface area contributed by atoms with Crippen LogP contribution in [0.25, 0.3) is 0 Å². The van der Waals surface area contributed by atoms with Crippen LogP contribution in [0.4, 0.5) is 0 Å². The van der Waals surface area contributed by atoms with E-state index in [4.69, 9.17) is 10.2 Å². The van der Waals surface area contributed by atoms with Gasteiger partial charge in [0, 0.05) is 45.9 Å². The molecule has 1 rings (SSSR count). The first-order valence-electron chi connectivity index (χ1n) is 5.89. The Hall–Kier alpha value is -0.650. The fourth-order valence-electron chi connectivity index (χ4n) is 1.95. The molecule has 1 heterocycles. The quantitative estimate of drug-likeness (QED) is 0.656. The standard InChI is InChI=1S/C11H22N2O3/c1-10(9-14)8-13-6-4-12(5-7-13)3-2-11(15)16/h10,14H,2-9H2,1H3,(H,15,16). The Morgan fingerprint density at radius 1 is 1.25 bits per heavy atom. The molecule has 0 saturated carbocycles. The Labute approximate surface area is 96.7 Å². The van der Waals surface area contributed by atoms with Gasteiger partial charge in [-0.2, -0.15) is 0 Å². The van der Waals surface area contributed by atoms with Crippen molar-refractivity contribution < 1.29 is 15.0 Å². The summed E-state index contributed by atoms with van der Waals surface area (Å²) in [5.74, 6) is -0.401. The van der Waals surface area contributed by atoms with Crippen LogP contribution in [0.1, 0.15) is 13.3 Å². The van der Waals surface area contributed by atoms with E-state index in [1.807, 2.05) is 6.92 Å². The van der Waals surface area contributed by atoms with E-state index in [0.29, 0.717) is 12.5 Å². The fourth-order valence-corrected chi connectivity index (χ4v) is 1.95. The zero-order chi connectivity index (χ0) is 12.0. The molecule has 1 atom stereocenters. The molecule has 1 aliphatic rings. The average Bonchev–Trinajstić information content (AvgIpc) is 2.28. The molecule has 2 N–H and O–H groups in total. The van der Waals surface area contributed by atoms with E-state index in [0.717, 1.165) is 32.7 Å². The molecule has 1 fully saturated rings. The van der Waals surface area contributed by atoms with Crippen molar-refractivity contribution in [2.75, 3.05) is 45.9 Å². The highest BCUT2D eigenvalue weighted by molar-refractivity contribution is 5.66. The summed E-state index contributed by atoms with van der Waals surface area (Å²) in [5.41, 5.74) is 0. The van der Waals surface area contributed by atoms with Crippen molar-refractivity contribution in [2.24, 2.45) is 5.92 Å². The van der Waals surface area contributed by atoms with Crippen molar-refractivity contribution in [1.82, 2.24) is 9.80 Å². The van der Waals surface area contributed by atoms with Crippen LogP contribution in [-0.4, -0.2) is 71.9 Å². The lowest BCUT2D eigenvalue weighted by Gasteiger charge is -2.35. The summed E-state index contributed by atoms with van der Waals surface area (Å²) < 4.78 is 0. The lowest BCUT2D eigenvalue weighted by molar-refractivity contribution is -0.137. The van der Waals surface area contributed by atoms with E-state index in [1.165, 1.54) is 0 Å². The Morgan fingerprint density at radius 3 is 2.31 bits per heavy atom. The van der Waals surface area contributed by atoms with Gasteiger partial charge in [0.1, 0.15) is 0 Å². The summed E-state index contributed by atoms with van der Waals surface area (Å²) in [6.07, 6.45) is 0.229. The fraction of sp³-hybridized carbons (Fsp3) is 0.909. The SMILES string of the molecule is CC(CO)CN1CCN(CCC(=O)O)CC1. The highest BCUT2D eigenvalue weighted by atomic mass is 16.4. The molecular weight excluding hydrogens is 208 g/mol. The van der Waals surface area contributed by atoms with E-state index in [1.54, 1.807) is 0 Å². The highest BCUT2D eigenvalue weighted by Gasteiger charge is 2.18. The molecule has 1 saturated heterocycles. The lowest BCUT2D eigenvalue weighted by atomic mass is 10.1. The number of carboxylic acid groups (broad SMARTS) is 1. The number of hydrogen-bond acceptors (Lipinski definition) is 4. The van der Waals surface area contributed by atoms with Crippen LogP contribution in [-0.2, 0) is 4.79 Å². The Kier molecular flexibility index (Phi) is 5.73. The van der Waals surface area contributed by atoms with Crippen molar-refractivity contribution in [3.8, 4) is 0 Å². The number of piperazine rings is 1. The Balaban J connectivity index is 2.15. The minimum absolute atomic E-state index is 0.229. The van der Waals surface area contributed by atoms with Crippen LogP contribution < -0.4 is 0 Å². The summed E-state index contributed by atoms with van der Waals surface area (Å²) in [7, 11) is 0. The van der Waals surface area contributed by atoms with Crippen molar-refractivity contribution in [3.63, 3.8) is 0 Å². The van der Waals surface area contributed by atoms with E-state index >= 15 is 0 Å². The first-order chi connectivity index (χ1) is 7.61. The van der Waals surface area contributed by atoms with Gasteiger partial charge in [0.25, 0.3) is 0 Å². The summed E-state index contributed by atoms with van der Waals surface area (Å²) >= 11 is 0. The van der Waals surface area contributed by atoms with Crippen molar-refractivity contribution >= 4 is 5.97 Å². The molecule has 1 aliphatic heterocycles. The molecule has 94 valence electrons. The van der Waals surface area contributed by atoms with Gasteiger partial charge < -0.3 is 20.0 Å². The van der Waals surface area contributed by atoms with Crippen LogP contribution in [0.3, 0.4) is 0 Å². The first-order valence-corrected chi connectivity index (χ1v) is 5.89. The van der Waals surface area contributed by atoms with Crippen molar-refractivity contribution in [2.45, 2.75) is 13.3 Å². The third-order valence-electron chi connectivity index (χ3n) is 2.99. The van der Waals surface area contributed by atoms with Gasteiger partial charge in [0.15, 0.2) is 0 Å². The lowest BCUT2D eigenvalue weighted by Crippen LogP contribution is -2.48. The van der Waals surface area contributed by atoms with Crippen LogP contribution in [0.5, 0.6) is 0 Å². The third kappa shape index (κ3) is 4.92. The molecule has 0 aliphatic carbocycles. The number of aliphatic carboxylic acids is 1. The number of carboxylic acids is 1. The molecule has 0 aromatic heterocycles. The summed E-state index contributed by atoms with van der Waals surface area (Å²) in [6, 6.07) is 0. The number of carbonyl (C=O) groups is 1. The maximum absolute atomic E-state index is 10.4. The molecular formula is C11H22N2O3. The molecule has 5 heteroatoms. The monoisotopic (exact) mass is 230 g/mol. The summed E-state index contributed by atoms with van der Waals surface area (Å²) in [6.45, 7) is 7.68. The molecule has 0 aromatic rings. The van der Waals surface area contributed by atoms with Gasteiger partial charge in [-0.05, 0) is 5.92 Å². The maximum atomic E-state index is 10.4. The summed E-state index contributed by atoms with van der Waals surface area (Å²) in [5, 5.41) is 17.5. The number of nitrogens with zero attached hydrogens (tertiary/aromatic N) is 2. The molecule has 0 radical (unpaired) electrons. The molecule has 0 amide bonds. The van der Waals surface area contributed by atoms with Gasteiger partial charge in [-0.15, -0.1) is 0 Å². The van der Waals surface area contributed by atoms with Gasteiger partial charge in [0.2, 0.25) is 0 Å². The molecule has 0 aromatic carbocycles. The topological polar surface area (TPSA) is 64.0 Å². The number of aliphatic hydroxyl groups is 1. The van der Waals surface area contributed by atoms with Gasteiger partial charge >= 0.3 is 5.97 Å². The second-order valence-electron chi connectivity index (χ2n) is 4.57. The van der Waals surface area contributed by atoms with E-state index < -0.39 is 5.97 Å². The van der Waals surface area contributed by atoms with Crippen LogP contribution >= 0.6 is 0 Å². The minimum Gasteiger partial charge on any atom is -0.481 e. The van der Waals surface area contributed by atoms with Gasteiger partial charge in [-0.25, -0.2) is 0 Å². The van der Waals surface area contributed by atoms with Gasteiger partial charge in [-0.3, -0.25) is 4.79 Å². The number of hydrogen-bond donors (Lipinski definition) is 2. The van der Waals surface area contributed by atoms with Gasteiger partial charge in [0.05, 0.1) is 6.42 Å². The minimum atomic E-state index is -0.726. The predicted octanol–water partition coefficient (Wildman–Crippen LogP) is -0.293. The van der Waals surface area contributed by atoms with Gasteiger partial charge in [-0.1, -0.05) is 6.92 Å². The zero-order valence-corrected chi connectivity index (χ0v) is 9.93. The maximum Gasteiger partial charge on any atom is 0.304 e. The first kappa shape index (κ1) is 13.4. The molecule has 0 spiro atoms. The zero-order valence-electron chi connectivity index (χ0n) is 9.93. The Morgan fingerprint density at radius 2 is 1.81 bits per heavy atom. The molecule has 5 nitrogen and oxygen atoms in total. The van der Waals surface area contributed by atoms with Crippen molar-refractivity contribution in [1.29, 1.82) is 0 Å². The largest absolute Gasteiger partial charge is 0.481 e.